The largest absolute Gasteiger partial charge is 0.416 e. The molecule has 164 valence electrons. The van der Waals surface area contributed by atoms with Crippen molar-refractivity contribution >= 4 is 22.6 Å². The van der Waals surface area contributed by atoms with Crippen LogP contribution < -0.4 is 11.1 Å². The van der Waals surface area contributed by atoms with Crippen molar-refractivity contribution in [3.63, 3.8) is 0 Å². The summed E-state index contributed by atoms with van der Waals surface area (Å²) in [6.45, 7) is 2.01. The van der Waals surface area contributed by atoms with Crippen LogP contribution in [-0.2, 0) is 11.0 Å². The number of rotatable bonds is 4. The molecule has 0 saturated heterocycles. The Balaban J connectivity index is 1.56. The zero-order valence-electron chi connectivity index (χ0n) is 17.2. The van der Waals surface area contributed by atoms with Crippen LogP contribution in [-0.4, -0.2) is 21.9 Å². The first-order valence-electron chi connectivity index (χ1n) is 10.4. The minimum absolute atomic E-state index is 0.0440. The Bertz CT molecular complexity index is 1080. The minimum atomic E-state index is -4.42. The summed E-state index contributed by atoms with van der Waals surface area (Å²) >= 11 is 0. The quantitative estimate of drug-likeness (QED) is 0.522. The molecule has 3 aromatic rings. The van der Waals surface area contributed by atoms with Crippen LogP contribution in [0.1, 0.15) is 38.2 Å². The first-order chi connectivity index (χ1) is 14.7. The molecule has 0 spiro atoms. The van der Waals surface area contributed by atoms with Crippen molar-refractivity contribution in [2.45, 2.75) is 44.8 Å². The molecule has 1 aliphatic rings. The van der Waals surface area contributed by atoms with E-state index in [4.69, 9.17) is 5.73 Å². The Kier molecular flexibility index (Phi) is 5.75. The number of nitrogens with one attached hydrogen (secondary N) is 2. The smallest absolute Gasteiger partial charge is 0.339 e. The molecule has 31 heavy (non-hydrogen) atoms. The lowest BCUT2D eigenvalue weighted by Gasteiger charge is -2.30. The number of halogens is 3. The first-order valence-corrected chi connectivity index (χ1v) is 10.4. The number of pyridine rings is 1. The summed E-state index contributed by atoms with van der Waals surface area (Å²) in [7, 11) is 0. The van der Waals surface area contributed by atoms with Gasteiger partial charge < -0.3 is 16.0 Å². The molecular weight excluding hydrogens is 405 g/mol. The molecule has 1 fully saturated rings. The molecule has 1 unspecified atom stereocenters. The number of amides is 1. The zero-order valence-corrected chi connectivity index (χ0v) is 17.2. The van der Waals surface area contributed by atoms with Crippen molar-refractivity contribution in [3.8, 4) is 11.3 Å². The molecule has 2 aromatic heterocycles. The number of aromatic nitrogens is 2. The molecule has 4 N–H and O–H groups in total. The third-order valence-corrected chi connectivity index (χ3v) is 6.18. The Morgan fingerprint density at radius 2 is 1.94 bits per heavy atom. The fraction of sp³-hybridized carbons (Fsp3) is 0.391. The molecule has 5 nitrogen and oxygen atoms in total. The van der Waals surface area contributed by atoms with Crippen molar-refractivity contribution in [2.75, 3.05) is 5.32 Å². The molecule has 2 heterocycles. The molecular formula is C23H25F3N4O. The molecule has 1 amide bonds. The average Bonchev–Trinajstić information content (AvgIpc) is 3.19. The van der Waals surface area contributed by atoms with Gasteiger partial charge in [-0.15, -0.1) is 0 Å². The normalized spacial score (nSPS) is 20.5. The van der Waals surface area contributed by atoms with E-state index in [0.29, 0.717) is 33.9 Å². The van der Waals surface area contributed by atoms with Crippen LogP contribution in [0.3, 0.4) is 0 Å². The summed E-state index contributed by atoms with van der Waals surface area (Å²) < 4.78 is 39.2. The van der Waals surface area contributed by atoms with Gasteiger partial charge in [-0.1, -0.05) is 12.1 Å². The van der Waals surface area contributed by atoms with Gasteiger partial charge in [0.25, 0.3) is 0 Å². The minimum Gasteiger partial charge on any atom is -0.339 e. The van der Waals surface area contributed by atoms with Crippen molar-refractivity contribution < 1.29 is 18.0 Å². The van der Waals surface area contributed by atoms with E-state index in [1.165, 1.54) is 6.07 Å². The highest BCUT2D eigenvalue weighted by Crippen LogP contribution is 2.35. The van der Waals surface area contributed by atoms with Gasteiger partial charge in [-0.25, -0.2) is 4.98 Å². The molecule has 1 aliphatic carbocycles. The van der Waals surface area contributed by atoms with Gasteiger partial charge in [0.2, 0.25) is 5.91 Å². The maximum atomic E-state index is 13.1. The number of H-pyrrole nitrogens is 1. The highest BCUT2D eigenvalue weighted by atomic mass is 19.4. The highest BCUT2D eigenvalue weighted by Gasteiger charge is 2.31. The number of alkyl halides is 3. The second kappa shape index (κ2) is 8.34. The monoisotopic (exact) mass is 430 g/mol. The summed E-state index contributed by atoms with van der Waals surface area (Å²) in [5.74, 6) is 0.342. The average molecular weight is 430 g/mol. The van der Waals surface area contributed by atoms with Gasteiger partial charge in [0, 0.05) is 29.2 Å². The summed E-state index contributed by atoms with van der Waals surface area (Å²) in [4.78, 5) is 20.1. The molecule has 0 aliphatic heterocycles. The second-order valence-electron chi connectivity index (χ2n) is 8.34. The SMILES string of the molecule is CC(N)[C@H]1CC[C@H](C(=O)Nc2ccnc3[nH]c(-c4cccc(C(F)(F)F)c4)cc23)CC1. The van der Waals surface area contributed by atoms with Gasteiger partial charge >= 0.3 is 6.18 Å². The molecule has 1 aromatic carbocycles. The van der Waals surface area contributed by atoms with Gasteiger partial charge in [-0.2, -0.15) is 13.2 Å². The van der Waals surface area contributed by atoms with Gasteiger partial charge in [-0.05, 0) is 68.4 Å². The topological polar surface area (TPSA) is 83.8 Å². The molecule has 0 radical (unpaired) electrons. The summed E-state index contributed by atoms with van der Waals surface area (Å²) in [5, 5.41) is 3.65. The number of hydrogen-bond acceptors (Lipinski definition) is 3. The van der Waals surface area contributed by atoms with E-state index in [-0.39, 0.29) is 17.9 Å². The van der Waals surface area contributed by atoms with Gasteiger partial charge in [-0.3, -0.25) is 4.79 Å². The number of nitrogens with zero attached hydrogens (tertiary/aromatic N) is 1. The maximum absolute atomic E-state index is 13.1. The number of nitrogens with two attached hydrogens (primary N) is 1. The van der Waals surface area contributed by atoms with E-state index in [9.17, 15) is 18.0 Å². The van der Waals surface area contributed by atoms with E-state index >= 15 is 0 Å². The van der Waals surface area contributed by atoms with Crippen molar-refractivity contribution in [1.82, 2.24) is 9.97 Å². The molecule has 1 atom stereocenters. The number of benzene rings is 1. The molecule has 4 rings (SSSR count). The van der Waals surface area contributed by atoms with Crippen molar-refractivity contribution in [1.29, 1.82) is 0 Å². The standard InChI is InChI=1S/C23H25F3N4O/c1-13(27)14-5-7-15(8-6-14)22(31)30-19-9-10-28-21-18(19)12-20(29-21)16-3-2-4-17(11-16)23(24,25)26/h2-4,9-15H,5-8,27H2,1H3,(H2,28,29,30,31)/t13?,14-,15-. The van der Waals surface area contributed by atoms with Crippen molar-refractivity contribution in [3.05, 3.63) is 48.2 Å². The zero-order chi connectivity index (χ0) is 22.2. The van der Waals surface area contributed by atoms with E-state index in [1.807, 2.05) is 6.92 Å². The fourth-order valence-electron chi connectivity index (χ4n) is 4.30. The lowest BCUT2D eigenvalue weighted by Crippen LogP contribution is -2.33. The van der Waals surface area contributed by atoms with Crippen LogP contribution >= 0.6 is 0 Å². The van der Waals surface area contributed by atoms with Gasteiger partial charge in [0.05, 0.1) is 11.3 Å². The highest BCUT2D eigenvalue weighted by molar-refractivity contribution is 6.02. The number of hydrogen-bond donors (Lipinski definition) is 3. The Labute approximate surface area is 178 Å². The van der Waals surface area contributed by atoms with E-state index in [2.05, 4.69) is 15.3 Å². The van der Waals surface area contributed by atoms with E-state index < -0.39 is 11.7 Å². The van der Waals surface area contributed by atoms with Gasteiger partial charge in [0.1, 0.15) is 5.65 Å². The van der Waals surface area contributed by atoms with Crippen LogP contribution in [0, 0.1) is 11.8 Å². The predicted octanol–water partition coefficient (Wildman–Crippen LogP) is 5.34. The van der Waals surface area contributed by atoms with Crippen molar-refractivity contribution in [2.24, 2.45) is 17.6 Å². The Morgan fingerprint density at radius 1 is 1.19 bits per heavy atom. The predicted molar refractivity (Wildman–Crippen MR) is 114 cm³/mol. The van der Waals surface area contributed by atoms with Crippen LogP contribution in [0.2, 0.25) is 0 Å². The Morgan fingerprint density at radius 3 is 2.61 bits per heavy atom. The number of anilines is 1. The van der Waals surface area contributed by atoms with Crippen LogP contribution in [0.25, 0.3) is 22.3 Å². The summed E-state index contributed by atoms with van der Waals surface area (Å²) in [5.41, 5.74) is 7.28. The molecule has 1 saturated carbocycles. The van der Waals surface area contributed by atoms with E-state index in [1.54, 1.807) is 24.4 Å². The van der Waals surface area contributed by atoms with Crippen LogP contribution in [0.15, 0.2) is 42.6 Å². The third kappa shape index (κ3) is 4.58. The Hall–Kier alpha value is -2.87. The fourth-order valence-corrected chi connectivity index (χ4v) is 4.30. The maximum Gasteiger partial charge on any atom is 0.416 e. The summed E-state index contributed by atoms with van der Waals surface area (Å²) in [6.07, 6.45) is 0.623. The third-order valence-electron chi connectivity index (χ3n) is 6.18. The number of carbonyl (C=O) groups excluding carboxylic acids is 1. The molecule has 0 bridgehead atoms. The lowest BCUT2D eigenvalue weighted by molar-refractivity contribution is -0.137. The number of fused-ring (bicyclic) bond motifs is 1. The van der Waals surface area contributed by atoms with E-state index in [0.717, 1.165) is 37.8 Å². The second-order valence-corrected chi connectivity index (χ2v) is 8.34. The van der Waals surface area contributed by atoms with Crippen LogP contribution in [0.5, 0.6) is 0 Å². The summed E-state index contributed by atoms with van der Waals surface area (Å²) in [6, 6.07) is 8.68. The lowest BCUT2D eigenvalue weighted by atomic mass is 9.79. The molecule has 8 heteroatoms. The van der Waals surface area contributed by atoms with Gasteiger partial charge in [0.15, 0.2) is 0 Å². The first kappa shape index (κ1) is 21.4. The number of carbonyl (C=O) groups is 1. The number of aromatic amines is 1. The van der Waals surface area contributed by atoms with Crippen LogP contribution in [0.4, 0.5) is 18.9 Å².